The lowest BCUT2D eigenvalue weighted by molar-refractivity contribution is 0.297. The third-order valence-electron chi connectivity index (χ3n) is 2.44. The number of nitrogen functional groups attached to an aromatic ring is 1. The Hall–Kier alpha value is -2.63. The summed E-state index contributed by atoms with van der Waals surface area (Å²) in [6, 6.07) is 9.80. The van der Waals surface area contributed by atoms with E-state index in [9.17, 15) is 0 Å². The second-order valence-electron chi connectivity index (χ2n) is 3.71. The van der Waals surface area contributed by atoms with Crippen molar-refractivity contribution in [1.82, 2.24) is 19.9 Å². The standard InChI is InChI=1S/C12H10N5O/c13-12-16-10-9(14-7-15-10)11(17-12)18-6-8-4-2-1-3-5-8/h1-5H,6H2,(H3,13,14,15,16,17). The number of anilines is 1. The minimum absolute atomic E-state index is 0.131. The normalized spacial score (nSPS) is 10.7. The van der Waals surface area contributed by atoms with Crippen LogP contribution >= 0.6 is 0 Å². The Morgan fingerprint density at radius 2 is 2.06 bits per heavy atom. The smallest absolute Gasteiger partial charge is 0.245 e. The molecule has 0 spiro atoms. The highest BCUT2D eigenvalue weighted by Gasteiger charge is 2.09. The van der Waals surface area contributed by atoms with Crippen LogP contribution in [-0.2, 0) is 6.61 Å². The predicted molar refractivity (Wildman–Crippen MR) is 65.7 cm³/mol. The molecule has 3 rings (SSSR count). The van der Waals surface area contributed by atoms with Gasteiger partial charge in [-0.05, 0) is 5.56 Å². The van der Waals surface area contributed by atoms with E-state index in [0.717, 1.165) is 5.56 Å². The summed E-state index contributed by atoms with van der Waals surface area (Å²) in [6.07, 6.45) is 2.59. The lowest BCUT2D eigenvalue weighted by Crippen LogP contribution is -2.02. The van der Waals surface area contributed by atoms with Crippen molar-refractivity contribution < 1.29 is 4.74 Å². The number of hydrogen-bond donors (Lipinski definition) is 2. The number of hydrogen-bond acceptors (Lipinski definition) is 5. The zero-order valence-corrected chi connectivity index (χ0v) is 9.42. The summed E-state index contributed by atoms with van der Waals surface area (Å²) >= 11 is 0. The van der Waals surface area contributed by atoms with Crippen LogP contribution in [0.2, 0.25) is 0 Å². The van der Waals surface area contributed by atoms with Crippen LogP contribution in [0.3, 0.4) is 0 Å². The van der Waals surface area contributed by atoms with Crippen molar-refractivity contribution in [3.05, 3.63) is 42.2 Å². The van der Waals surface area contributed by atoms with Crippen LogP contribution in [0, 0.1) is 6.33 Å². The number of nitrogens with one attached hydrogen (secondary N) is 1. The monoisotopic (exact) mass is 240 g/mol. The minimum Gasteiger partial charge on any atom is -0.471 e. The molecule has 0 aliphatic rings. The Morgan fingerprint density at radius 3 is 2.89 bits per heavy atom. The van der Waals surface area contributed by atoms with E-state index >= 15 is 0 Å². The first-order valence-electron chi connectivity index (χ1n) is 5.39. The summed E-state index contributed by atoms with van der Waals surface area (Å²) in [5, 5.41) is 0. The molecular weight excluding hydrogens is 230 g/mol. The lowest BCUT2D eigenvalue weighted by atomic mass is 10.2. The topological polar surface area (TPSA) is 89.7 Å². The maximum atomic E-state index is 5.62. The first-order chi connectivity index (χ1) is 8.83. The van der Waals surface area contributed by atoms with Gasteiger partial charge >= 0.3 is 0 Å². The molecule has 0 fully saturated rings. The third kappa shape index (κ3) is 1.95. The van der Waals surface area contributed by atoms with Gasteiger partial charge in [-0.2, -0.15) is 9.97 Å². The van der Waals surface area contributed by atoms with Crippen LogP contribution in [0.1, 0.15) is 5.56 Å². The van der Waals surface area contributed by atoms with E-state index in [2.05, 4.69) is 26.3 Å². The highest BCUT2D eigenvalue weighted by molar-refractivity contribution is 5.76. The Bertz CT molecular complexity index is 665. The molecule has 0 saturated carbocycles. The van der Waals surface area contributed by atoms with E-state index in [1.807, 2.05) is 30.3 Å². The number of aromatic nitrogens is 4. The molecule has 0 bridgehead atoms. The number of nitrogens with zero attached hydrogens (tertiary/aromatic N) is 3. The molecule has 0 atom stereocenters. The average Bonchev–Trinajstić information content (AvgIpc) is 2.85. The van der Waals surface area contributed by atoms with Gasteiger partial charge in [0.2, 0.25) is 11.8 Å². The molecule has 89 valence electrons. The highest BCUT2D eigenvalue weighted by atomic mass is 16.5. The zero-order valence-electron chi connectivity index (χ0n) is 9.42. The molecule has 0 saturated heterocycles. The second kappa shape index (κ2) is 4.33. The third-order valence-corrected chi connectivity index (χ3v) is 2.44. The van der Waals surface area contributed by atoms with Gasteiger partial charge in [0.15, 0.2) is 12.0 Å². The van der Waals surface area contributed by atoms with Crippen molar-refractivity contribution >= 4 is 17.1 Å². The SMILES string of the molecule is Nc1nc(OCc2ccccc2)c2[nH][c]nc2n1. The van der Waals surface area contributed by atoms with E-state index in [1.165, 1.54) is 0 Å². The van der Waals surface area contributed by atoms with E-state index < -0.39 is 0 Å². The fourth-order valence-corrected chi connectivity index (χ4v) is 1.60. The zero-order chi connectivity index (χ0) is 12.4. The van der Waals surface area contributed by atoms with Gasteiger partial charge in [-0.3, -0.25) is 0 Å². The largest absolute Gasteiger partial charge is 0.471 e. The molecule has 6 heteroatoms. The van der Waals surface area contributed by atoms with Gasteiger partial charge in [-0.25, -0.2) is 4.98 Å². The average molecular weight is 240 g/mol. The van der Waals surface area contributed by atoms with Crippen LogP contribution in [0.5, 0.6) is 5.88 Å². The Balaban J connectivity index is 1.88. The van der Waals surface area contributed by atoms with Crippen molar-refractivity contribution in [2.24, 2.45) is 0 Å². The molecule has 0 unspecified atom stereocenters. The number of aromatic amines is 1. The maximum absolute atomic E-state index is 5.62. The summed E-state index contributed by atoms with van der Waals surface area (Å²) in [4.78, 5) is 14.7. The molecule has 3 aromatic rings. The molecular formula is C12H10N5O. The number of H-pyrrole nitrogens is 1. The van der Waals surface area contributed by atoms with Gasteiger partial charge in [-0.1, -0.05) is 30.3 Å². The van der Waals surface area contributed by atoms with E-state index in [-0.39, 0.29) is 5.95 Å². The van der Waals surface area contributed by atoms with E-state index in [4.69, 9.17) is 10.5 Å². The van der Waals surface area contributed by atoms with Crippen molar-refractivity contribution in [2.75, 3.05) is 5.73 Å². The Kier molecular flexibility index (Phi) is 2.53. The predicted octanol–water partition coefficient (Wildman–Crippen LogP) is 1.31. The summed E-state index contributed by atoms with van der Waals surface area (Å²) in [6.45, 7) is 0.408. The summed E-state index contributed by atoms with van der Waals surface area (Å²) < 4.78 is 5.62. The minimum atomic E-state index is 0.131. The van der Waals surface area contributed by atoms with Crippen molar-refractivity contribution in [3.63, 3.8) is 0 Å². The fourth-order valence-electron chi connectivity index (χ4n) is 1.60. The van der Waals surface area contributed by atoms with Crippen molar-refractivity contribution in [2.45, 2.75) is 6.61 Å². The number of fused-ring (bicyclic) bond motifs is 1. The molecule has 0 aliphatic heterocycles. The Labute approximate surface area is 103 Å². The van der Waals surface area contributed by atoms with Gasteiger partial charge in [0.1, 0.15) is 12.1 Å². The van der Waals surface area contributed by atoms with Gasteiger partial charge in [0.05, 0.1) is 0 Å². The fraction of sp³-hybridized carbons (Fsp3) is 0.0833. The van der Waals surface area contributed by atoms with Crippen LogP contribution in [-0.4, -0.2) is 19.9 Å². The van der Waals surface area contributed by atoms with Crippen molar-refractivity contribution in [1.29, 1.82) is 0 Å². The van der Waals surface area contributed by atoms with E-state index in [0.29, 0.717) is 23.7 Å². The van der Waals surface area contributed by atoms with Crippen LogP contribution < -0.4 is 10.5 Å². The van der Waals surface area contributed by atoms with Gasteiger partial charge < -0.3 is 15.5 Å². The van der Waals surface area contributed by atoms with Crippen molar-refractivity contribution in [3.8, 4) is 5.88 Å². The van der Waals surface area contributed by atoms with Crippen LogP contribution in [0.25, 0.3) is 11.2 Å². The first kappa shape index (κ1) is 10.5. The number of nitrogens with two attached hydrogens (primary N) is 1. The summed E-state index contributed by atoms with van der Waals surface area (Å²) in [5.74, 6) is 0.515. The van der Waals surface area contributed by atoms with Gasteiger partial charge in [0.25, 0.3) is 0 Å². The maximum Gasteiger partial charge on any atom is 0.245 e. The first-order valence-corrected chi connectivity index (χ1v) is 5.39. The number of imidazole rings is 1. The number of rotatable bonds is 3. The summed E-state index contributed by atoms with van der Waals surface area (Å²) in [5.41, 5.74) is 7.68. The highest BCUT2D eigenvalue weighted by Crippen LogP contribution is 2.20. The molecule has 1 aromatic carbocycles. The number of benzene rings is 1. The second-order valence-corrected chi connectivity index (χ2v) is 3.71. The quantitative estimate of drug-likeness (QED) is 0.720. The molecule has 0 aliphatic carbocycles. The van der Waals surface area contributed by atoms with Gasteiger partial charge in [0, 0.05) is 0 Å². The molecule has 3 N–H and O–H groups in total. The molecule has 18 heavy (non-hydrogen) atoms. The molecule has 2 heterocycles. The Morgan fingerprint density at radius 1 is 1.22 bits per heavy atom. The molecule has 1 radical (unpaired) electrons. The van der Waals surface area contributed by atoms with Gasteiger partial charge in [-0.15, -0.1) is 0 Å². The lowest BCUT2D eigenvalue weighted by Gasteiger charge is -2.06. The molecule has 6 nitrogen and oxygen atoms in total. The van der Waals surface area contributed by atoms with Crippen LogP contribution in [0.4, 0.5) is 5.95 Å². The molecule has 2 aromatic heterocycles. The van der Waals surface area contributed by atoms with E-state index in [1.54, 1.807) is 0 Å². The summed E-state index contributed by atoms with van der Waals surface area (Å²) in [7, 11) is 0. The molecule has 0 amide bonds. The van der Waals surface area contributed by atoms with Crippen LogP contribution in [0.15, 0.2) is 30.3 Å². The number of ether oxygens (including phenoxy) is 1.